The van der Waals surface area contributed by atoms with Crippen molar-refractivity contribution in [1.82, 2.24) is 9.78 Å². The van der Waals surface area contributed by atoms with E-state index in [1.807, 2.05) is 19.2 Å². The molecular formula is C14H12N2O2. The average Bonchev–Trinajstić information content (AvgIpc) is 2.71. The highest BCUT2D eigenvalue weighted by Crippen LogP contribution is 2.23. The largest absolute Gasteiger partial charge is 0.508 e. The van der Waals surface area contributed by atoms with E-state index in [1.54, 1.807) is 35.0 Å². The number of hydrogen-bond donors (Lipinski definition) is 2. The van der Waals surface area contributed by atoms with Crippen molar-refractivity contribution in [2.45, 2.75) is 6.92 Å². The van der Waals surface area contributed by atoms with Gasteiger partial charge in [0.15, 0.2) is 0 Å². The van der Waals surface area contributed by atoms with E-state index in [0.717, 1.165) is 22.2 Å². The Morgan fingerprint density at radius 3 is 2.50 bits per heavy atom. The van der Waals surface area contributed by atoms with Crippen LogP contribution in [-0.2, 0) is 0 Å². The van der Waals surface area contributed by atoms with Crippen molar-refractivity contribution < 1.29 is 10.2 Å². The van der Waals surface area contributed by atoms with Crippen molar-refractivity contribution >= 4 is 10.9 Å². The zero-order chi connectivity index (χ0) is 12.7. The SMILES string of the molecule is Cc1cc(O)ccc1-n1cc2cc(O)ccc2n1. The topological polar surface area (TPSA) is 58.3 Å². The Kier molecular flexibility index (Phi) is 2.23. The Balaban J connectivity index is 2.19. The second-order valence-corrected chi connectivity index (χ2v) is 4.29. The fourth-order valence-corrected chi connectivity index (χ4v) is 2.03. The third kappa shape index (κ3) is 1.68. The van der Waals surface area contributed by atoms with Crippen LogP contribution in [0.2, 0.25) is 0 Å². The molecule has 0 bridgehead atoms. The van der Waals surface area contributed by atoms with E-state index in [4.69, 9.17) is 0 Å². The van der Waals surface area contributed by atoms with Gasteiger partial charge in [0.2, 0.25) is 0 Å². The van der Waals surface area contributed by atoms with Crippen LogP contribution in [0.15, 0.2) is 42.6 Å². The van der Waals surface area contributed by atoms with Crippen molar-refractivity contribution in [3.05, 3.63) is 48.2 Å². The minimum atomic E-state index is 0.226. The lowest BCUT2D eigenvalue weighted by Crippen LogP contribution is -1.96. The summed E-state index contributed by atoms with van der Waals surface area (Å²) in [6, 6.07) is 10.2. The standard InChI is InChI=1S/C14H12N2O2/c1-9-6-11(17)3-5-14(9)16-8-10-7-12(18)2-4-13(10)15-16/h2-8,17-18H,1H3. The van der Waals surface area contributed by atoms with Crippen LogP contribution in [0.3, 0.4) is 0 Å². The molecule has 90 valence electrons. The van der Waals surface area contributed by atoms with E-state index >= 15 is 0 Å². The summed E-state index contributed by atoms with van der Waals surface area (Å²) in [7, 11) is 0. The molecule has 2 N–H and O–H groups in total. The summed E-state index contributed by atoms with van der Waals surface area (Å²) in [6.07, 6.45) is 1.86. The predicted octanol–water partition coefficient (Wildman–Crippen LogP) is 2.75. The van der Waals surface area contributed by atoms with E-state index in [-0.39, 0.29) is 11.5 Å². The molecule has 0 amide bonds. The van der Waals surface area contributed by atoms with Gasteiger partial charge in [-0.15, -0.1) is 0 Å². The number of aryl methyl sites for hydroxylation is 1. The van der Waals surface area contributed by atoms with Gasteiger partial charge in [-0.2, -0.15) is 5.10 Å². The molecule has 4 nitrogen and oxygen atoms in total. The molecule has 1 heterocycles. The van der Waals surface area contributed by atoms with Crippen LogP contribution >= 0.6 is 0 Å². The summed E-state index contributed by atoms with van der Waals surface area (Å²) in [6.45, 7) is 1.92. The Morgan fingerprint density at radius 2 is 1.72 bits per heavy atom. The summed E-state index contributed by atoms with van der Waals surface area (Å²) in [4.78, 5) is 0. The molecule has 18 heavy (non-hydrogen) atoms. The molecular weight excluding hydrogens is 228 g/mol. The van der Waals surface area contributed by atoms with Gasteiger partial charge in [-0.05, 0) is 48.9 Å². The molecule has 3 rings (SSSR count). The van der Waals surface area contributed by atoms with Crippen LogP contribution in [0.1, 0.15) is 5.56 Å². The van der Waals surface area contributed by atoms with Gasteiger partial charge in [0, 0.05) is 11.6 Å². The molecule has 0 unspecified atom stereocenters. The maximum absolute atomic E-state index is 9.43. The summed E-state index contributed by atoms with van der Waals surface area (Å²) >= 11 is 0. The average molecular weight is 240 g/mol. The first-order valence-electron chi connectivity index (χ1n) is 5.62. The quantitative estimate of drug-likeness (QED) is 0.687. The lowest BCUT2D eigenvalue weighted by atomic mass is 10.2. The van der Waals surface area contributed by atoms with Crippen LogP contribution in [0.25, 0.3) is 16.6 Å². The number of fused-ring (bicyclic) bond motifs is 1. The normalized spacial score (nSPS) is 10.9. The highest BCUT2D eigenvalue weighted by atomic mass is 16.3. The molecule has 0 spiro atoms. The summed E-state index contributed by atoms with van der Waals surface area (Å²) in [5.74, 6) is 0.468. The summed E-state index contributed by atoms with van der Waals surface area (Å²) < 4.78 is 1.75. The zero-order valence-corrected chi connectivity index (χ0v) is 9.83. The number of rotatable bonds is 1. The van der Waals surface area contributed by atoms with Crippen LogP contribution in [-0.4, -0.2) is 20.0 Å². The molecule has 0 atom stereocenters. The van der Waals surface area contributed by atoms with Gasteiger partial charge in [0.1, 0.15) is 11.5 Å². The summed E-state index contributed by atoms with van der Waals surface area (Å²) in [5, 5.41) is 24.1. The van der Waals surface area contributed by atoms with Gasteiger partial charge in [0.25, 0.3) is 0 Å². The van der Waals surface area contributed by atoms with Crippen LogP contribution in [0, 0.1) is 6.92 Å². The molecule has 1 aromatic heterocycles. The first-order valence-corrected chi connectivity index (χ1v) is 5.62. The fourth-order valence-electron chi connectivity index (χ4n) is 2.03. The number of hydrogen-bond acceptors (Lipinski definition) is 3. The monoisotopic (exact) mass is 240 g/mol. The summed E-state index contributed by atoms with van der Waals surface area (Å²) in [5.41, 5.74) is 2.66. The Bertz CT molecular complexity index is 732. The lowest BCUT2D eigenvalue weighted by molar-refractivity contribution is 0.474. The Morgan fingerprint density at radius 1 is 1.00 bits per heavy atom. The molecule has 0 aliphatic carbocycles. The number of phenols is 2. The number of nitrogens with zero attached hydrogens (tertiary/aromatic N) is 2. The first-order chi connectivity index (χ1) is 8.63. The van der Waals surface area contributed by atoms with Gasteiger partial charge < -0.3 is 10.2 Å². The maximum Gasteiger partial charge on any atom is 0.116 e. The lowest BCUT2D eigenvalue weighted by Gasteiger charge is -2.05. The zero-order valence-electron chi connectivity index (χ0n) is 9.83. The van der Waals surface area contributed by atoms with E-state index in [1.165, 1.54) is 0 Å². The molecule has 0 saturated carbocycles. The minimum absolute atomic E-state index is 0.226. The van der Waals surface area contributed by atoms with Crippen molar-refractivity contribution in [3.63, 3.8) is 0 Å². The van der Waals surface area contributed by atoms with Gasteiger partial charge >= 0.3 is 0 Å². The smallest absolute Gasteiger partial charge is 0.116 e. The van der Waals surface area contributed by atoms with Crippen molar-refractivity contribution in [1.29, 1.82) is 0 Å². The van der Waals surface area contributed by atoms with Gasteiger partial charge in [-0.3, -0.25) is 0 Å². The Hall–Kier alpha value is -2.49. The molecule has 0 radical (unpaired) electrons. The molecule has 4 heteroatoms. The van der Waals surface area contributed by atoms with Crippen LogP contribution in [0.5, 0.6) is 11.5 Å². The maximum atomic E-state index is 9.43. The van der Waals surface area contributed by atoms with Crippen molar-refractivity contribution in [2.24, 2.45) is 0 Å². The highest BCUT2D eigenvalue weighted by Gasteiger charge is 2.06. The van der Waals surface area contributed by atoms with Crippen molar-refractivity contribution in [3.8, 4) is 17.2 Å². The second-order valence-electron chi connectivity index (χ2n) is 4.29. The number of aromatic nitrogens is 2. The number of phenolic OH excluding ortho intramolecular Hbond substituents is 2. The minimum Gasteiger partial charge on any atom is -0.508 e. The molecule has 3 aromatic rings. The highest BCUT2D eigenvalue weighted by molar-refractivity contribution is 5.80. The predicted molar refractivity (Wildman–Crippen MR) is 69.1 cm³/mol. The second kappa shape index (κ2) is 3.77. The van der Waals surface area contributed by atoms with Crippen LogP contribution < -0.4 is 0 Å². The number of aromatic hydroxyl groups is 2. The third-order valence-corrected chi connectivity index (χ3v) is 2.92. The molecule has 0 aliphatic rings. The third-order valence-electron chi connectivity index (χ3n) is 2.92. The fraction of sp³-hybridized carbons (Fsp3) is 0.0714. The Labute approximate surface area is 104 Å². The van der Waals surface area contributed by atoms with E-state index < -0.39 is 0 Å². The van der Waals surface area contributed by atoms with Crippen LogP contribution in [0.4, 0.5) is 0 Å². The first kappa shape index (κ1) is 10.7. The molecule has 0 fully saturated rings. The van der Waals surface area contributed by atoms with Gasteiger partial charge in [-0.1, -0.05) is 0 Å². The van der Waals surface area contributed by atoms with Gasteiger partial charge in [0.05, 0.1) is 11.2 Å². The van der Waals surface area contributed by atoms with E-state index in [9.17, 15) is 10.2 Å². The van der Waals surface area contributed by atoms with E-state index in [2.05, 4.69) is 5.10 Å². The molecule has 0 saturated heterocycles. The van der Waals surface area contributed by atoms with Crippen molar-refractivity contribution in [2.75, 3.05) is 0 Å². The molecule has 0 aliphatic heterocycles. The number of benzene rings is 2. The van der Waals surface area contributed by atoms with Gasteiger partial charge in [-0.25, -0.2) is 4.68 Å². The molecule has 2 aromatic carbocycles. The van der Waals surface area contributed by atoms with E-state index in [0.29, 0.717) is 0 Å².